The fourth-order valence-electron chi connectivity index (χ4n) is 0.682. The second kappa shape index (κ2) is 2.50. The molecule has 54 valence electrons. The summed E-state index contributed by atoms with van der Waals surface area (Å²) < 4.78 is 12.6. The summed E-state index contributed by atoms with van der Waals surface area (Å²) in [6, 6.07) is 2.98. The maximum absolute atomic E-state index is 12.6. The summed E-state index contributed by atoms with van der Waals surface area (Å²) in [6.07, 6.45) is 0. The summed E-state index contributed by atoms with van der Waals surface area (Å²) in [5.41, 5.74) is 6.74. The summed E-state index contributed by atoms with van der Waals surface area (Å²) >= 11 is 3.88. The average Bonchev–Trinajstić information content (AvgIpc) is 1.93. The number of aryl methyl sites for hydroxylation is 1. The van der Waals surface area contributed by atoms with Gasteiger partial charge in [0.05, 0.1) is 10.6 Å². The minimum atomic E-state index is -0.369. The summed E-state index contributed by atoms with van der Waals surface area (Å²) in [7, 11) is 0. The van der Waals surface area contributed by atoms with Crippen LogP contribution in [0.5, 0.6) is 0 Å². The fourth-order valence-corrected chi connectivity index (χ4v) is 0.933. The highest BCUT2D eigenvalue weighted by atomic mass is 32.1. The Hall–Kier alpha value is -0.700. The number of hydrogen-bond donors (Lipinski definition) is 2. The molecule has 0 amide bonds. The van der Waals surface area contributed by atoms with E-state index in [-0.39, 0.29) is 10.7 Å². The van der Waals surface area contributed by atoms with Gasteiger partial charge in [0.1, 0.15) is 5.82 Å². The van der Waals surface area contributed by atoms with Crippen molar-refractivity contribution in [3.63, 3.8) is 0 Å². The SMILES string of the molecule is Cc1ccc(F)c(S)c1N. The largest absolute Gasteiger partial charge is 0.398 e. The van der Waals surface area contributed by atoms with Crippen LogP contribution in [0.3, 0.4) is 0 Å². The van der Waals surface area contributed by atoms with Gasteiger partial charge in [-0.05, 0) is 18.6 Å². The third-order valence-corrected chi connectivity index (χ3v) is 1.84. The topological polar surface area (TPSA) is 26.0 Å². The van der Waals surface area contributed by atoms with Crippen molar-refractivity contribution < 1.29 is 4.39 Å². The van der Waals surface area contributed by atoms with Crippen molar-refractivity contribution in [2.45, 2.75) is 11.8 Å². The van der Waals surface area contributed by atoms with Crippen molar-refractivity contribution in [2.75, 3.05) is 5.73 Å². The lowest BCUT2D eigenvalue weighted by molar-refractivity contribution is 0.603. The van der Waals surface area contributed by atoms with Gasteiger partial charge in [-0.3, -0.25) is 0 Å². The number of nitrogens with two attached hydrogens (primary N) is 1. The molecule has 0 aromatic heterocycles. The first-order valence-electron chi connectivity index (χ1n) is 2.86. The minimum Gasteiger partial charge on any atom is -0.398 e. The Kier molecular flexibility index (Phi) is 1.85. The van der Waals surface area contributed by atoms with E-state index >= 15 is 0 Å². The highest BCUT2D eigenvalue weighted by Gasteiger charge is 2.02. The van der Waals surface area contributed by atoms with Crippen LogP contribution in [0.15, 0.2) is 17.0 Å². The lowest BCUT2D eigenvalue weighted by Gasteiger charge is -2.02. The molecule has 1 aromatic rings. The molecule has 0 unspecified atom stereocenters. The Morgan fingerprint density at radius 3 is 2.60 bits per heavy atom. The van der Waals surface area contributed by atoms with Crippen LogP contribution in [0.1, 0.15) is 5.56 Å². The third-order valence-electron chi connectivity index (χ3n) is 1.39. The van der Waals surface area contributed by atoms with Crippen LogP contribution >= 0.6 is 12.6 Å². The molecule has 0 aliphatic rings. The molecule has 0 bridgehead atoms. The van der Waals surface area contributed by atoms with Crippen LogP contribution in [0.4, 0.5) is 10.1 Å². The second-order valence-electron chi connectivity index (χ2n) is 2.13. The number of nitrogen functional groups attached to an aromatic ring is 1. The van der Waals surface area contributed by atoms with E-state index in [0.29, 0.717) is 5.69 Å². The molecule has 10 heavy (non-hydrogen) atoms. The minimum absolute atomic E-state index is 0.236. The monoisotopic (exact) mass is 157 g/mol. The first-order valence-corrected chi connectivity index (χ1v) is 3.31. The van der Waals surface area contributed by atoms with Gasteiger partial charge in [-0.25, -0.2) is 4.39 Å². The van der Waals surface area contributed by atoms with Crippen LogP contribution in [-0.2, 0) is 0 Å². The molecule has 2 N–H and O–H groups in total. The highest BCUT2D eigenvalue weighted by molar-refractivity contribution is 7.80. The molecule has 0 saturated carbocycles. The quantitative estimate of drug-likeness (QED) is 0.437. The van der Waals surface area contributed by atoms with Gasteiger partial charge in [-0.2, -0.15) is 0 Å². The van der Waals surface area contributed by atoms with Gasteiger partial charge in [-0.1, -0.05) is 6.07 Å². The lowest BCUT2D eigenvalue weighted by Crippen LogP contribution is -1.93. The zero-order valence-corrected chi connectivity index (χ0v) is 6.45. The van der Waals surface area contributed by atoms with Gasteiger partial charge in [0, 0.05) is 0 Å². The van der Waals surface area contributed by atoms with Crippen molar-refractivity contribution in [1.82, 2.24) is 0 Å². The number of anilines is 1. The van der Waals surface area contributed by atoms with Crippen molar-refractivity contribution >= 4 is 18.3 Å². The van der Waals surface area contributed by atoms with Gasteiger partial charge < -0.3 is 5.73 Å². The van der Waals surface area contributed by atoms with E-state index in [2.05, 4.69) is 12.6 Å². The first kappa shape index (κ1) is 7.41. The molecule has 0 aliphatic carbocycles. The summed E-state index contributed by atoms with van der Waals surface area (Å²) in [5, 5.41) is 0. The van der Waals surface area contributed by atoms with Gasteiger partial charge in [0.2, 0.25) is 0 Å². The Bertz CT molecular complexity index is 233. The zero-order valence-electron chi connectivity index (χ0n) is 5.56. The molecule has 1 rings (SSSR count). The van der Waals surface area contributed by atoms with Crippen LogP contribution in [0.25, 0.3) is 0 Å². The smallest absolute Gasteiger partial charge is 0.138 e. The van der Waals surface area contributed by atoms with Crippen molar-refractivity contribution in [1.29, 1.82) is 0 Å². The predicted octanol–water partition coefficient (Wildman–Crippen LogP) is 2.01. The molecule has 0 aliphatic heterocycles. The standard InChI is InChI=1S/C7H8FNS/c1-4-2-3-5(8)7(10)6(4)9/h2-3,10H,9H2,1H3. The van der Waals surface area contributed by atoms with Gasteiger partial charge in [0.15, 0.2) is 0 Å². The van der Waals surface area contributed by atoms with Crippen LogP contribution in [0.2, 0.25) is 0 Å². The summed E-state index contributed by atoms with van der Waals surface area (Å²) in [6.45, 7) is 1.81. The first-order chi connectivity index (χ1) is 4.63. The maximum Gasteiger partial charge on any atom is 0.138 e. The van der Waals surface area contributed by atoms with Crippen molar-refractivity contribution in [3.8, 4) is 0 Å². The fraction of sp³-hybridized carbons (Fsp3) is 0.143. The van der Waals surface area contributed by atoms with Crippen molar-refractivity contribution in [2.24, 2.45) is 0 Å². The molecule has 0 heterocycles. The van der Waals surface area contributed by atoms with Gasteiger partial charge >= 0.3 is 0 Å². The molecule has 1 nitrogen and oxygen atoms in total. The molecule has 0 atom stereocenters. The number of thiol groups is 1. The van der Waals surface area contributed by atoms with Gasteiger partial charge in [0.25, 0.3) is 0 Å². The molecule has 0 saturated heterocycles. The number of hydrogen-bond acceptors (Lipinski definition) is 2. The molecule has 3 heteroatoms. The van der Waals surface area contributed by atoms with E-state index in [4.69, 9.17) is 5.73 Å². The maximum atomic E-state index is 12.6. The molecule has 1 aromatic carbocycles. The second-order valence-corrected chi connectivity index (χ2v) is 2.57. The van der Waals surface area contributed by atoms with E-state index in [1.165, 1.54) is 6.07 Å². The number of halogens is 1. The number of benzene rings is 1. The average molecular weight is 157 g/mol. The summed E-state index contributed by atoms with van der Waals surface area (Å²) in [5.74, 6) is -0.369. The third kappa shape index (κ3) is 1.09. The Labute approximate surface area is 64.5 Å². The van der Waals surface area contributed by atoms with Crippen LogP contribution < -0.4 is 5.73 Å². The Balaban J connectivity index is 3.34. The van der Waals surface area contributed by atoms with Crippen LogP contribution in [-0.4, -0.2) is 0 Å². The summed E-state index contributed by atoms with van der Waals surface area (Å²) in [4.78, 5) is 0.236. The lowest BCUT2D eigenvalue weighted by atomic mass is 10.2. The molecular weight excluding hydrogens is 149 g/mol. The van der Waals surface area contributed by atoms with Crippen molar-refractivity contribution in [3.05, 3.63) is 23.5 Å². The molecular formula is C7H8FNS. The van der Waals surface area contributed by atoms with E-state index in [1.54, 1.807) is 6.07 Å². The molecule has 0 radical (unpaired) electrons. The normalized spacial score (nSPS) is 9.90. The van der Waals surface area contributed by atoms with E-state index < -0.39 is 0 Å². The zero-order chi connectivity index (χ0) is 7.72. The Morgan fingerprint density at radius 1 is 1.50 bits per heavy atom. The van der Waals surface area contributed by atoms with Crippen LogP contribution in [0, 0.1) is 12.7 Å². The highest BCUT2D eigenvalue weighted by Crippen LogP contribution is 2.22. The Morgan fingerprint density at radius 2 is 2.10 bits per heavy atom. The van der Waals surface area contributed by atoms with Gasteiger partial charge in [-0.15, -0.1) is 12.6 Å². The predicted molar refractivity (Wildman–Crippen MR) is 42.8 cm³/mol. The molecule has 0 fully saturated rings. The van der Waals surface area contributed by atoms with E-state index in [1.807, 2.05) is 6.92 Å². The van der Waals surface area contributed by atoms with E-state index in [9.17, 15) is 4.39 Å². The number of rotatable bonds is 0. The van der Waals surface area contributed by atoms with E-state index in [0.717, 1.165) is 5.56 Å². The molecule has 0 spiro atoms.